The number of aromatic hydroxyl groups is 1. The average Bonchev–Trinajstić information content (AvgIpc) is 2.36. The second-order valence-electron chi connectivity index (χ2n) is 4.89. The Labute approximate surface area is 106 Å². The van der Waals surface area contributed by atoms with Crippen LogP contribution in [-0.2, 0) is 0 Å². The molecule has 0 atom stereocenters. The van der Waals surface area contributed by atoms with Gasteiger partial charge >= 0.3 is 0 Å². The Morgan fingerprint density at radius 1 is 1.44 bits per heavy atom. The summed E-state index contributed by atoms with van der Waals surface area (Å²) in [6.07, 6.45) is 0. The van der Waals surface area contributed by atoms with Gasteiger partial charge in [-0.25, -0.2) is 0 Å². The van der Waals surface area contributed by atoms with Gasteiger partial charge in [0.2, 0.25) is 0 Å². The molecule has 0 spiro atoms. The maximum Gasteiger partial charge on any atom is 0.251 e. The zero-order valence-electron chi connectivity index (χ0n) is 10.9. The van der Waals surface area contributed by atoms with Crippen LogP contribution in [-0.4, -0.2) is 36.4 Å². The lowest BCUT2D eigenvalue weighted by atomic mass is 9.95. The van der Waals surface area contributed by atoms with E-state index in [1.54, 1.807) is 6.07 Å². The highest BCUT2D eigenvalue weighted by Gasteiger charge is 2.18. The number of benzene rings is 1. The summed E-state index contributed by atoms with van der Waals surface area (Å²) in [6.45, 7) is 4.04. The minimum Gasteiger partial charge on any atom is -0.504 e. The van der Waals surface area contributed by atoms with Crippen LogP contribution in [0.25, 0.3) is 0 Å². The van der Waals surface area contributed by atoms with Crippen LogP contribution in [0.5, 0.6) is 11.5 Å². The number of ether oxygens (including phenoxy) is 1. The van der Waals surface area contributed by atoms with Gasteiger partial charge in [0.1, 0.15) is 0 Å². The zero-order chi connectivity index (χ0) is 13.8. The monoisotopic (exact) mass is 253 g/mol. The fourth-order valence-corrected chi connectivity index (χ4v) is 1.31. The quantitative estimate of drug-likeness (QED) is 0.735. The Morgan fingerprint density at radius 3 is 2.61 bits per heavy atom. The van der Waals surface area contributed by atoms with Crippen LogP contribution in [0.15, 0.2) is 18.2 Å². The molecule has 3 N–H and O–H groups in total. The zero-order valence-corrected chi connectivity index (χ0v) is 10.9. The van der Waals surface area contributed by atoms with E-state index < -0.39 is 0 Å². The Kier molecular flexibility index (Phi) is 4.55. The van der Waals surface area contributed by atoms with Crippen molar-refractivity contribution in [3.63, 3.8) is 0 Å². The SMILES string of the molecule is COc1ccc(C(=O)NCC(C)(C)CO)cc1O. The molecule has 5 nitrogen and oxygen atoms in total. The molecule has 0 aliphatic rings. The third kappa shape index (κ3) is 3.63. The van der Waals surface area contributed by atoms with E-state index in [9.17, 15) is 9.90 Å². The number of rotatable bonds is 5. The highest BCUT2D eigenvalue weighted by Crippen LogP contribution is 2.26. The van der Waals surface area contributed by atoms with Crippen molar-refractivity contribution in [1.29, 1.82) is 0 Å². The van der Waals surface area contributed by atoms with Gasteiger partial charge in [0.25, 0.3) is 5.91 Å². The van der Waals surface area contributed by atoms with E-state index in [1.165, 1.54) is 19.2 Å². The summed E-state index contributed by atoms with van der Waals surface area (Å²) >= 11 is 0. The molecular formula is C13H19NO4. The van der Waals surface area contributed by atoms with E-state index in [1.807, 2.05) is 13.8 Å². The maximum absolute atomic E-state index is 11.8. The summed E-state index contributed by atoms with van der Waals surface area (Å²) in [6, 6.07) is 4.45. The van der Waals surface area contributed by atoms with Crippen molar-refractivity contribution in [3.8, 4) is 11.5 Å². The van der Waals surface area contributed by atoms with Crippen LogP contribution in [0.1, 0.15) is 24.2 Å². The van der Waals surface area contributed by atoms with Gasteiger partial charge < -0.3 is 20.3 Å². The summed E-state index contributed by atoms with van der Waals surface area (Å²) in [5.74, 6) is -0.0525. The van der Waals surface area contributed by atoms with Crippen molar-refractivity contribution in [2.75, 3.05) is 20.3 Å². The molecule has 0 heterocycles. The Bertz CT molecular complexity index is 429. The predicted octanol–water partition coefficient (Wildman–Crippen LogP) is 1.15. The van der Waals surface area contributed by atoms with Crippen LogP contribution >= 0.6 is 0 Å². The molecule has 1 amide bonds. The van der Waals surface area contributed by atoms with Crippen molar-refractivity contribution in [3.05, 3.63) is 23.8 Å². The van der Waals surface area contributed by atoms with Crippen LogP contribution < -0.4 is 10.1 Å². The standard InChI is InChI=1S/C13H19NO4/c1-13(2,8-15)7-14-12(17)9-4-5-11(18-3)10(16)6-9/h4-6,15-16H,7-8H2,1-3H3,(H,14,17). The van der Waals surface area contributed by atoms with Crippen molar-refractivity contribution in [2.24, 2.45) is 5.41 Å². The molecular weight excluding hydrogens is 234 g/mol. The Hall–Kier alpha value is -1.75. The van der Waals surface area contributed by atoms with Gasteiger partial charge in [-0.15, -0.1) is 0 Å². The van der Waals surface area contributed by atoms with E-state index in [2.05, 4.69) is 5.32 Å². The van der Waals surface area contributed by atoms with Crippen LogP contribution in [0.2, 0.25) is 0 Å². The van der Waals surface area contributed by atoms with Crippen LogP contribution in [0.3, 0.4) is 0 Å². The maximum atomic E-state index is 11.8. The molecule has 0 radical (unpaired) electrons. The van der Waals surface area contributed by atoms with Gasteiger partial charge in [-0.1, -0.05) is 13.8 Å². The smallest absolute Gasteiger partial charge is 0.251 e. The van der Waals surface area contributed by atoms with Crippen LogP contribution in [0, 0.1) is 5.41 Å². The van der Waals surface area contributed by atoms with Crippen molar-refractivity contribution in [2.45, 2.75) is 13.8 Å². The molecule has 0 unspecified atom stereocenters. The first-order chi connectivity index (χ1) is 8.39. The third-order valence-electron chi connectivity index (χ3n) is 2.60. The first-order valence-corrected chi connectivity index (χ1v) is 5.66. The molecule has 1 aromatic carbocycles. The van der Waals surface area contributed by atoms with Crippen molar-refractivity contribution in [1.82, 2.24) is 5.32 Å². The van der Waals surface area contributed by atoms with E-state index >= 15 is 0 Å². The van der Waals surface area contributed by atoms with Gasteiger partial charge in [-0.05, 0) is 18.2 Å². The molecule has 0 aliphatic heterocycles. The average molecular weight is 253 g/mol. The number of hydrogen-bond acceptors (Lipinski definition) is 4. The number of hydrogen-bond donors (Lipinski definition) is 3. The number of carbonyl (C=O) groups is 1. The van der Waals surface area contributed by atoms with Gasteiger partial charge in [-0.3, -0.25) is 4.79 Å². The molecule has 1 aromatic rings. The van der Waals surface area contributed by atoms with E-state index in [-0.39, 0.29) is 23.7 Å². The van der Waals surface area contributed by atoms with E-state index in [4.69, 9.17) is 9.84 Å². The molecule has 0 aliphatic carbocycles. The van der Waals surface area contributed by atoms with Gasteiger partial charge in [0.05, 0.1) is 7.11 Å². The van der Waals surface area contributed by atoms with Gasteiger partial charge in [-0.2, -0.15) is 0 Å². The fourth-order valence-electron chi connectivity index (χ4n) is 1.31. The van der Waals surface area contributed by atoms with Crippen molar-refractivity contribution >= 4 is 5.91 Å². The molecule has 5 heteroatoms. The van der Waals surface area contributed by atoms with E-state index in [0.29, 0.717) is 17.9 Å². The van der Waals surface area contributed by atoms with E-state index in [0.717, 1.165) is 0 Å². The third-order valence-corrected chi connectivity index (χ3v) is 2.60. The normalized spacial score (nSPS) is 11.1. The Morgan fingerprint density at radius 2 is 2.11 bits per heavy atom. The summed E-state index contributed by atoms with van der Waals surface area (Å²) in [5.41, 5.74) is -0.0217. The van der Waals surface area contributed by atoms with Crippen molar-refractivity contribution < 1.29 is 19.7 Å². The summed E-state index contributed by atoms with van der Waals surface area (Å²) in [7, 11) is 1.44. The molecule has 1 rings (SSSR count). The minimum absolute atomic E-state index is 0.0128. The number of aliphatic hydroxyl groups excluding tert-OH is 1. The highest BCUT2D eigenvalue weighted by molar-refractivity contribution is 5.94. The molecule has 18 heavy (non-hydrogen) atoms. The second kappa shape index (κ2) is 5.73. The lowest BCUT2D eigenvalue weighted by molar-refractivity contribution is 0.0910. The lowest BCUT2D eigenvalue weighted by Gasteiger charge is -2.21. The summed E-state index contributed by atoms with van der Waals surface area (Å²) in [5, 5.41) is 21.4. The lowest BCUT2D eigenvalue weighted by Crippen LogP contribution is -2.36. The molecule has 0 aromatic heterocycles. The number of aliphatic hydroxyl groups is 1. The number of carbonyl (C=O) groups excluding carboxylic acids is 1. The summed E-state index contributed by atoms with van der Waals surface area (Å²) < 4.78 is 4.90. The van der Waals surface area contributed by atoms with Gasteiger partial charge in [0.15, 0.2) is 11.5 Å². The molecule has 0 saturated heterocycles. The second-order valence-corrected chi connectivity index (χ2v) is 4.89. The molecule has 0 saturated carbocycles. The predicted molar refractivity (Wildman–Crippen MR) is 67.9 cm³/mol. The molecule has 100 valence electrons. The molecule has 0 fully saturated rings. The summed E-state index contributed by atoms with van der Waals surface area (Å²) in [4.78, 5) is 11.8. The Balaban J connectivity index is 2.71. The first kappa shape index (κ1) is 14.3. The van der Waals surface area contributed by atoms with Crippen LogP contribution in [0.4, 0.5) is 0 Å². The van der Waals surface area contributed by atoms with Gasteiger partial charge in [0, 0.05) is 24.1 Å². The number of methoxy groups -OCH3 is 1. The number of amides is 1. The number of phenolic OH excluding ortho intramolecular Hbond substituents is 1. The highest BCUT2D eigenvalue weighted by atomic mass is 16.5. The number of nitrogens with one attached hydrogen (secondary N) is 1. The number of phenols is 1. The molecule has 0 bridgehead atoms. The minimum atomic E-state index is -0.371. The largest absolute Gasteiger partial charge is 0.504 e. The fraction of sp³-hybridized carbons (Fsp3) is 0.462. The topological polar surface area (TPSA) is 78.8 Å². The first-order valence-electron chi connectivity index (χ1n) is 5.66.